The molecule has 0 fully saturated rings. The standard InChI is InChI=1S/C20H12N4O6/c25-20(26)15-7-3-6-13-12-4-1-2-5-14(12)19(18(13)15)22-21-16-9-8-11(23(27)28)10-17(16)24(29)30/h1-10,21H,(H,25,26)/b22-19+. The maximum Gasteiger partial charge on any atom is 0.336 e. The number of non-ortho nitro benzene ring substituents is 1. The molecule has 0 saturated carbocycles. The van der Waals surface area contributed by atoms with E-state index in [-0.39, 0.29) is 11.3 Å². The van der Waals surface area contributed by atoms with Crippen molar-refractivity contribution in [1.82, 2.24) is 0 Å². The van der Waals surface area contributed by atoms with Crippen LogP contribution in [-0.2, 0) is 0 Å². The van der Waals surface area contributed by atoms with Gasteiger partial charge in [-0.1, -0.05) is 36.4 Å². The molecule has 0 amide bonds. The van der Waals surface area contributed by atoms with Gasteiger partial charge >= 0.3 is 11.7 Å². The van der Waals surface area contributed by atoms with Crippen LogP contribution in [0, 0.1) is 20.2 Å². The molecule has 148 valence electrons. The molecule has 10 heteroatoms. The van der Waals surface area contributed by atoms with E-state index < -0.39 is 27.2 Å². The van der Waals surface area contributed by atoms with Gasteiger partial charge in [0, 0.05) is 17.2 Å². The Morgan fingerprint density at radius 2 is 1.60 bits per heavy atom. The summed E-state index contributed by atoms with van der Waals surface area (Å²) < 4.78 is 0. The highest BCUT2D eigenvalue weighted by Crippen LogP contribution is 2.39. The first-order valence-electron chi connectivity index (χ1n) is 8.61. The number of rotatable bonds is 5. The van der Waals surface area contributed by atoms with Crippen molar-refractivity contribution in [1.29, 1.82) is 0 Å². The van der Waals surface area contributed by atoms with Gasteiger partial charge in [-0.25, -0.2) is 4.79 Å². The van der Waals surface area contributed by atoms with E-state index in [0.29, 0.717) is 22.4 Å². The molecule has 0 saturated heterocycles. The molecule has 3 aromatic carbocycles. The highest BCUT2D eigenvalue weighted by atomic mass is 16.6. The van der Waals surface area contributed by atoms with Gasteiger partial charge in [-0.3, -0.25) is 25.7 Å². The van der Waals surface area contributed by atoms with E-state index in [9.17, 15) is 30.1 Å². The summed E-state index contributed by atoms with van der Waals surface area (Å²) in [4.78, 5) is 32.5. The summed E-state index contributed by atoms with van der Waals surface area (Å²) in [6.07, 6.45) is 0. The third kappa shape index (κ3) is 3.02. The molecule has 1 aliphatic rings. The van der Waals surface area contributed by atoms with E-state index in [1.54, 1.807) is 24.3 Å². The van der Waals surface area contributed by atoms with E-state index >= 15 is 0 Å². The summed E-state index contributed by atoms with van der Waals surface area (Å²) in [6.45, 7) is 0. The van der Waals surface area contributed by atoms with Crippen molar-refractivity contribution in [2.24, 2.45) is 5.10 Å². The summed E-state index contributed by atoms with van der Waals surface area (Å²) in [5, 5.41) is 36.1. The lowest BCUT2D eigenvalue weighted by atomic mass is 10.0. The first-order chi connectivity index (χ1) is 14.4. The number of nitrogens with zero attached hydrogens (tertiary/aromatic N) is 3. The summed E-state index contributed by atoms with van der Waals surface area (Å²) in [7, 11) is 0. The Morgan fingerprint density at radius 1 is 0.900 bits per heavy atom. The molecule has 0 atom stereocenters. The van der Waals surface area contributed by atoms with Crippen LogP contribution in [0.25, 0.3) is 11.1 Å². The van der Waals surface area contributed by atoms with Gasteiger partial charge in [-0.15, -0.1) is 0 Å². The number of carbonyl (C=O) groups is 1. The van der Waals surface area contributed by atoms with Gasteiger partial charge in [0.15, 0.2) is 0 Å². The quantitative estimate of drug-likeness (QED) is 0.376. The number of aromatic carboxylic acids is 1. The minimum atomic E-state index is -1.13. The van der Waals surface area contributed by atoms with Gasteiger partial charge in [-0.05, 0) is 23.3 Å². The van der Waals surface area contributed by atoms with Gasteiger partial charge in [0.1, 0.15) is 5.69 Å². The van der Waals surface area contributed by atoms with Crippen molar-refractivity contribution in [3.63, 3.8) is 0 Å². The number of carboxylic acid groups (broad SMARTS) is 1. The fraction of sp³-hybridized carbons (Fsp3) is 0. The second-order valence-corrected chi connectivity index (χ2v) is 6.37. The van der Waals surface area contributed by atoms with Crippen molar-refractivity contribution in [2.45, 2.75) is 0 Å². The molecule has 2 N–H and O–H groups in total. The number of benzene rings is 3. The minimum Gasteiger partial charge on any atom is -0.478 e. The number of carboxylic acids is 1. The molecule has 30 heavy (non-hydrogen) atoms. The van der Waals surface area contributed by atoms with E-state index in [0.717, 1.165) is 17.7 Å². The first kappa shape index (κ1) is 18.7. The Bertz CT molecular complexity index is 1270. The second kappa shape index (κ2) is 7.09. The fourth-order valence-electron chi connectivity index (χ4n) is 3.38. The smallest absolute Gasteiger partial charge is 0.336 e. The first-order valence-corrected chi connectivity index (χ1v) is 8.61. The molecule has 10 nitrogen and oxygen atoms in total. The molecule has 0 unspecified atom stereocenters. The topological polar surface area (TPSA) is 148 Å². The van der Waals surface area contributed by atoms with Crippen LogP contribution in [0.4, 0.5) is 17.1 Å². The van der Waals surface area contributed by atoms with Crippen LogP contribution < -0.4 is 5.43 Å². The lowest BCUT2D eigenvalue weighted by Gasteiger charge is -2.07. The average Bonchev–Trinajstić information content (AvgIpc) is 3.05. The van der Waals surface area contributed by atoms with Crippen LogP contribution >= 0.6 is 0 Å². The van der Waals surface area contributed by atoms with Gasteiger partial charge in [0.2, 0.25) is 0 Å². The van der Waals surface area contributed by atoms with E-state index in [2.05, 4.69) is 10.5 Å². The van der Waals surface area contributed by atoms with Crippen LogP contribution in [0.5, 0.6) is 0 Å². The van der Waals surface area contributed by atoms with E-state index in [1.807, 2.05) is 12.1 Å². The Morgan fingerprint density at radius 3 is 2.27 bits per heavy atom. The second-order valence-electron chi connectivity index (χ2n) is 6.37. The molecule has 0 bridgehead atoms. The zero-order chi connectivity index (χ0) is 21.4. The maximum absolute atomic E-state index is 11.7. The third-order valence-corrected chi connectivity index (χ3v) is 4.68. The van der Waals surface area contributed by atoms with Crippen molar-refractivity contribution in [3.8, 4) is 11.1 Å². The van der Waals surface area contributed by atoms with Crippen LogP contribution in [0.1, 0.15) is 21.5 Å². The zero-order valence-electron chi connectivity index (χ0n) is 15.1. The number of nitrogens with one attached hydrogen (secondary N) is 1. The molecule has 1 aliphatic carbocycles. The Hall–Kier alpha value is -4.60. The van der Waals surface area contributed by atoms with Crippen molar-refractivity contribution in [2.75, 3.05) is 5.43 Å². The summed E-state index contributed by atoms with van der Waals surface area (Å²) in [5.41, 5.74) is 4.46. The largest absolute Gasteiger partial charge is 0.478 e. The number of nitro benzene ring substituents is 2. The Balaban J connectivity index is 1.85. The van der Waals surface area contributed by atoms with Crippen LogP contribution in [0.15, 0.2) is 65.8 Å². The summed E-state index contributed by atoms with van der Waals surface area (Å²) in [6, 6.07) is 15.2. The fourth-order valence-corrected chi connectivity index (χ4v) is 3.38. The monoisotopic (exact) mass is 404 g/mol. The number of anilines is 1. The molecule has 0 aromatic heterocycles. The third-order valence-electron chi connectivity index (χ3n) is 4.68. The van der Waals surface area contributed by atoms with Crippen LogP contribution in [0.2, 0.25) is 0 Å². The van der Waals surface area contributed by atoms with Gasteiger partial charge in [0.25, 0.3) is 5.69 Å². The molecule has 0 radical (unpaired) electrons. The Labute approximate surface area is 168 Å². The summed E-state index contributed by atoms with van der Waals surface area (Å²) in [5.74, 6) is -1.13. The predicted octanol–water partition coefficient (Wildman–Crippen LogP) is 4.05. The molecular weight excluding hydrogens is 392 g/mol. The maximum atomic E-state index is 11.7. The van der Waals surface area contributed by atoms with E-state index in [1.165, 1.54) is 12.1 Å². The predicted molar refractivity (Wildman–Crippen MR) is 108 cm³/mol. The molecule has 0 heterocycles. The van der Waals surface area contributed by atoms with E-state index in [4.69, 9.17) is 0 Å². The molecule has 0 aliphatic heterocycles. The summed E-state index contributed by atoms with van der Waals surface area (Å²) >= 11 is 0. The van der Waals surface area contributed by atoms with Crippen molar-refractivity contribution < 1.29 is 19.7 Å². The van der Waals surface area contributed by atoms with Crippen LogP contribution in [0.3, 0.4) is 0 Å². The van der Waals surface area contributed by atoms with Crippen molar-refractivity contribution >= 4 is 28.7 Å². The molecule has 0 spiro atoms. The average molecular weight is 404 g/mol. The molecule has 3 aromatic rings. The SMILES string of the molecule is O=C(O)c1cccc2c1/C(=N/Nc1ccc([N+](=O)[O-])cc1[N+](=O)[O-])c1ccccc1-2. The number of hydrazone groups is 1. The van der Waals surface area contributed by atoms with Gasteiger partial charge in [-0.2, -0.15) is 5.10 Å². The number of hydrogen-bond donors (Lipinski definition) is 2. The normalized spacial score (nSPS) is 12.9. The number of fused-ring (bicyclic) bond motifs is 3. The Kier molecular flexibility index (Phi) is 4.43. The highest BCUT2D eigenvalue weighted by Gasteiger charge is 2.29. The van der Waals surface area contributed by atoms with Gasteiger partial charge in [0.05, 0.1) is 27.2 Å². The highest BCUT2D eigenvalue weighted by molar-refractivity contribution is 6.27. The minimum absolute atomic E-state index is 0.0439. The lowest BCUT2D eigenvalue weighted by molar-refractivity contribution is -0.393. The van der Waals surface area contributed by atoms with Crippen LogP contribution in [-0.4, -0.2) is 26.6 Å². The van der Waals surface area contributed by atoms with Gasteiger partial charge < -0.3 is 5.11 Å². The molecule has 4 rings (SSSR count). The molecular formula is C20H12N4O6. The number of hydrogen-bond acceptors (Lipinski definition) is 7. The van der Waals surface area contributed by atoms with Crippen molar-refractivity contribution in [3.05, 3.63) is 97.6 Å². The zero-order valence-corrected chi connectivity index (χ0v) is 15.1. The lowest BCUT2D eigenvalue weighted by Crippen LogP contribution is -2.10. The number of nitro groups is 2.